The fraction of sp³-hybridized carbons (Fsp3) is 0.750. The summed E-state index contributed by atoms with van der Waals surface area (Å²) in [6.07, 6.45) is 8.58. The number of rotatable bonds is 4. The standard InChI is InChI=1S/C16H25NO/c1-11-6-9-16(18-11)12(2)17-15-5-3-4-14(10-15)13-7-8-13/h6,9,12-15,17H,3-5,7-8,10H2,1-2H3. The molecule has 0 bridgehead atoms. The van der Waals surface area contributed by atoms with E-state index in [1.165, 1.54) is 38.5 Å². The van der Waals surface area contributed by atoms with Gasteiger partial charge in [0.25, 0.3) is 0 Å². The lowest BCUT2D eigenvalue weighted by atomic mass is 9.82. The zero-order valence-electron chi connectivity index (χ0n) is 11.6. The first-order valence-corrected chi connectivity index (χ1v) is 7.55. The Labute approximate surface area is 110 Å². The van der Waals surface area contributed by atoms with Crippen molar-refractivity contribution in [2.24, 2.45) is 11.8 Å². The Hall–Kier alpha value is -0.760. The molecule has 0 aromatic carbocycles. The fourth-order valence-electron chi connectivity index (χ4n) is 3.50. The van der Waals surface area contributed by atoms with Crippen molar-refractivity contribution in [2.45, 2.75) is 64.5 Å². The van der Waals surface area contributed by atoms with Crippen LogP contribution in [0.1, 0.15) is 63.0 Å². The SMILES string of the molecule is Cc1ccc(C(C)NC2CCCC(C3CC3)C2)o1. The Morgan fingerprint density at radius 3 is 2.67 bits per heavy atom. The molecule has 2 aliphatic rings. The zero-order valence-corrected chi connectivity index (χ0v) is 11.6. The molecule has 1 aromatic rings. The van der Waals surface area contributed by atoms with Gasteiger partial charge in [-0.15, -0.1) is 0 Å². The Morgan fingerprint density at radius 1 is 1.17 bits per heavy atom. The summed E-state index contributed by atoms with van der Waals surface area (Å²) >= 11 is 0. The number of aryl methyl sites for hydroxylation is 1. The normalized spacial score (nSPS) is 30.3. The third-order valence-electron chi connectivity index (χ3n) is 4.68. The van der Waals surface area contributed by atoms with Crippen molar-refractivity contribution in [3.63, 3.8) is 0 Å². The molecule has 2 fully saturated rings. The van der Waals surface area contributed by atoms with Gasteiger partial charge in [-0.25, -0.2) is 0 Å². The fourth-order valence-corrected chi connectivity index (χ4v) is 3.50. The minimum atomic E-state index is 0.349. The molecule has 2 aliphatic carbocycles. The predicted molar refractivity (Wildman–Crippen MR) is 73.5 cm³/mol. The Kier molecular flexibility index (Phi) is 3.47. The summed E-state index contributed by atoms with van der Waals surface area (Å²) in [5, 5.41) is 3.77. The molecule has 18 heavy (non-hydrogen) atoms. The molecule has 0 amide bonds. The summed E-state index contributed by atoms with van der Waals surface area (Å²) < 4.78 is 5.71. The van der Waals surface area contributed by atoms with Crippen LogP contribution in [0.15, 0.2) is 16.5 Å². The minimum Gasteiger partial charge on any atom is -0.465 e. The maximum absolute atomic E-state index is 5.71. The Bertz CT molecular complexity index is 394. The topological polar surface area (TPSA) is 25.2 Å². The van der Waals surface area contributed by atoms with Gasteiger partial charge in [0.1, 0.15) is 11.5 Å². The molecular weight excluding hydrogens is 222 g/mol. The highest BCUT2D eigenvalue weighted by atomic mass is 16.3. The molecule has 1 heterocycles. The molecule has 0 radical (unpaired) electrons. The van der Waals surface area contributed by atoms with Crippen LogP contribution >= 0.6 is 0 Å². The lowest BCUT2D eigenvalue weighted by Crippen LogP contribution is -2.36. The summed E-state index contributed by atoms with van der Waals surface area (Å²) in [6, 6.07) is 5.21. The molecular formula is C16H25NO. The van der Waals surface area contributed by atoms with Crippen molar-refractivity contribution >= 4 is 0 Å². The molecule has 0 saturated heterocycles. The summed E-state index contributed by atoms with van der Waals surface area (Å²) in [7, 11) is 0. The number of hydrogen-bond acceptors (Lipinski definition) is 2. The van der Waals surface area contributed by atoms with E-state index in [-0.39, 0.29) is 0 Å². The largest absolute Gasteiger partial charge is 0.465 e. The van der Waals surface area contributed by atoms with Gasteiger partial charge < -0.3 is 9.73 Å². The van der Waals surface area contributed by atoms with Gasteiger partial charge in [-0.1, -0.05) is 12.8 Å². The molecule has 0 spiro atoms. The van der Waals surface area contributed by atoms with Crippen molar-refractivity contribution < 1.29 is 4.42 Å². The van der Waals surface area contributed by atoms with Crippen LogP contribution in [-0.2, 0) is 0 Å². The lowest BCUT2D eigenvalue weighted by molar-refractivity contribution is 0.242. The lowest BCUT2D eigenvalue weighted by Gasteiger charge is -2.31. The zero-order chi connectivity index (χ0) is 12.5. The van der Waals surface area contributed by atoms with Gasteiger partial charge in [-0.3, -0.25) is 0 Å². The van der Waals surface area contributed by atoms with Crippen LogP contribution in [0.4, 0.5) is 0 Å². The van der Waals surface area contributed by atoms with Crippen molar-refractivity contribution in [3.05, 3.63) is 23.7 Å². The second-order valence-corrected chi connectivity index (χ2v) is 6.30. The quantitative estimate of drug-likeness (QED) is 0.862. The van der Waals surface area contributed by atoms with Gasteiger partial charge in [0.15, 0.2) is 0 Å². The average Bonchev–Trinajstić information content (AvgIpc) is 3.12. The van der Waals surface area contributed by atoms with E-state index >= 15 is 0 Å². The van der Waals surface area contributed by atoms with E-state index in [0.29, 0.717) is 12.1 Å². The van der Waals surface area contributed by atoms with E-state index in [0.717, 1.165) is 23.4 Å². The van der Waals surface area contributed by atoms with E-state index in [4.69, 9.17) is 4.42 Å². The van der Waals surface area contributed by atoms with Gasteiger partial charge in [0.2, 0.25) is 0 Å². The van der Waals surface area contributed by atoms with E-state index in [2.05, 4.69) is 24.4 Å². The van der Waals surface area contributed by atoms with Crippen LogP contribution < -0.4 is 5.32 Å². The molecule has 2 heteroatoms. The molecule has 0 aliphatic heterocycles. The molecule has 3 rings (SSSR count). The van der Waals surface area contributed by atoms with Gasteiger partial charge in [-0.05, 0) is 63.5 Å². The van der Waals surface area contributed by atoms with Crippen molar-refractivity contribution in [3.8, 4) is 0 Å². The summed E-state index contributed by atoms with van der Waals surface area (Å²) in [5.41, 5.74) is 0. The van der Waals surface area contributed by atoms with E-state index < -0.39 is 0 Å². The molecule has 2 saturated carbocycles. The predicted octanol–water partition coefficient (Wildman–Crippen LogP) is 4.21. The smallest absolute Gasteiger partial charge is 0.120 e. The van der Waals surface area contributed by atoms with Crippen LogP contribution in [-0.4, -0.2) is 6.04 Å². The van der Waals surface area contributed by atoms with Gasteiger partial charge in [0, 0.05) is 6.04 Å². The monoisotopic (exact) mass is 247 g/mol. The average molecular weight is 247 g/mol. The number of nitrogens with one attached hydrogen (secondary N) is 1. The number of furan rings is 1. The summed E-state index contributed by atoms with van der Waals surface area (Å²) in [4.78, 5) is 0. The van der Waals surface area contributed by atoms with Crippen LogP contribution in [0.25, 0.3) is 0 Å². The highest BCUT2D eigenvalue weighted by Gasteiger charge is 2.35. The van der Waals surface area contributed by atoms with Gasteiger partial charge >= 0.3 is 0 Å². The van der Waals surface area contributed by atoms with Crippen LogP contribution in [0, 0.1) is 18.8 Å². The van der Waals surface area contributed by atoms with Crippen molar-refractivity contribution in [2.75, 3.05) is 0 Å². The number of hydrogen-bond donors (Lipinski definition) is 1. The first kappa shape index (κ1) is 12.3. The van der Waals surface area contributed by atoms with Crippen LogP contribution in [0.2, 0.25) is 0 Å². The maximum Gasteiger partial charge on any atom is 0.120 e. The summed E-state index contributed by atoms with van der Waals surface area (Å²) in [6.45, 7) is 4.24. The van der Waals surface area contributed by atoms with Gasteiger partial charge in [-0.2, -0.15) is 0 Å². The van der Waals surface area contributed by atoms with E-state index in [1.54, 1.807) is 0 Å². The van der Waals surface area contributed by atoms with Crippen molar-refractivity contribution in [1.29, 1.82) is 0 Å². The second kappa shape index (κ2) is 5.08. The van der Waals surface area contributed by atoms with E-state index in [1.807, 2.05) is 6.92 Å². The van der Waals surface area contributed by atoms with Crippen molar-refractivity contribution in [1.82, 2.24) is 5.32 Å². The van der Waals surface area contributed by atoms with E-state index in [9.17, 15) is 0 Å². The van der Waals surface area contributed by atoms with Gasteiger partial charge in [0.05, 0.1) is 6.04 Å². The molecule has 100 valence electrons. The maximum atomic E-state index is 5.71. The molecule has 2 nitrogen and oxygen atoms in total. The molecule has 3 atom stereocenters. The third-order valence-corrected chi connectivity index (χ3v) is 4.68. The first-order chi connectivity index (χ1) is 8.72. The molecule has 1 N–H and O–H groups in total. The summed E-state index contributed by atoms with van der Waals surface area (Å²) in [5.74, 6) is 4.16. The molecule has 1 aromatic heterocycles. The van der Waals surface area contributed by atoms with Crippen LogP contribution in [0.3, 0.4) is 0 Å². The highest BCUT2D eigenvalue weighted by molar-refractivity contribution is 5.09. The Balaban J connectivity index is 1.55. The molecule has 3 unspecified atom stereocenters. The minimum absolute atomic E-state index is 0.349. The highest BCUT2D eigenvalue weighted by Crippen LogP contribution is 2.44. The third kappa shape index (κ3) is 2.80. The second-order valence-electron chi connectivity index (χ2n) is 6.30. The van der Waals surface area contributed by atoms with Crippen LogP contribution in [0.5, 0.6) is 0 Å². The Morgan fingerprint density at radius 2 is 2.00 bits per heavy atom. The first-order valence-electron chi connectivity index (χ1n) is 7.55.